The highest BCUT2D eigenvalue weighted by Gasteiger charge is 2.34. The Morgan fingerprint density at radius 1 is 1.26 bits per heavy atom. The monoisotopic (exact) mass is 396 g/mol. The van der Waals surface area contributed by atoms with Crippen LogP contribution in [0.4, 0.5) is 24.7 Å². The van der Waals surface area contributed by atoms with Crippen molar-refractivity contribution >= 4 is 23.1 Å². The van der Waals surface area contributed by atoms with Crippen molar-refractivity contribution in [3.05, 3.63) is 52.7 Å². The van der Waals surface area contributed by atoms with E-state index < -0.39 is 11.9 Å². The molecule has 0 aliphatic heterocycles. The smallest absolute Gasteiger partial charge is 0.394 e. The van der Waals surface area contributed by atoms with E-state index in [1.165, 1.54) is 17.8 Å². The lowest BCUT2D eigenvalue weighted by atomic mass is 10.0. The molecule has 2 heterocycles. The Morgan fingerprint density at radius 2 is 2.00 bits per heavy atom. The van der Waals surface area contributed by atoms with Crippen LogP contribution < -0.4 is 11.1 Å². The molecule has 0 aliphatic carbocycles. The van der Waals surface area contributed by atoms with E-state index in [0.29, 0.717) is 23.6 Å². The molecule has 10 heteroatoms. The molecular weight excluding hydrogens is 381 g/mol. The summed E-state index contributed by atoms with van der Waals surface area (Å²) in [6, 6.07) is 5.41. The number of imidazole rings is 1. The quantitative estimate of drug-likeness (QED) is 0.650. The van der Waals surface area contributed by atoms with Gasteiger partial charge in [-0.1, -0.05) is 18.2 Å². The van der Waals surface area contributed by atoms with Gasteiger partial charge in [0.15, 0.2) is 11.5 Å². The van der Waals surface area contributed by atoms with E-state index in [-0.39, 0.29) is 11.1 Å². The van der Waals surface area contributed by atoms with Crippen LogP contribution in [0.1, 0.15) is 16.8 Å². The highest BCUT2D eigenvalue weighted by molar-refractivity contribution is 6.28. The molecule has 1 aromatic carbocycles. The standard InChI is InChI=1S/C17H16ClF3N6/c1-9-5-10(6-23-14-12(22)7-24-16(18)26-14)3-4-11(9)15-25-13(8-27(15)2)17(19,20)21/h3-5,7-8H,6,22H2,1-2H3,(H,23,24,26). The van der Waals surface area contributed by atoms with Crippen molar-refractivity contribution in [2.45, 2.75) is 19.6 Å². The highest BCUT2D eigenvalue weighted by Crippen LogP contribution is 2.31. The molecule has 0 spiro atoms. The molecule has 0 bridgehead atoms. The van der Waals surface area contributed by atoms with Gasteiger partial charge in [-0.25, -0.2) is 9.97 Å². The number of nitrogens with two attached hydrogens (primary N) is 1. The zero-order valence-electron chi connectivity index (χ0n) is 14.5. The molecule has 3 aromatic rings. The second kappa shape index (κ2) is 7.07. The Labute approximate surface area is 158 Å². The van der Waals surface area contributed by atoms with Gasteiger partial charge in [0, 0.05) is 25.4 Å². The summed E-state index contributed by atoms with van der Waals surface area (Å²) in [5, 5.41) is 3.14. The topological polar surface area (TPSA) is 81.7 Å². The minimum atomic E-state index is -4.48. The van der Waals surface area contributed by atoms with E-state index in [1.54, 1.807) is 12.1 Å². The number of aromatic nitrogens is 4. The molecule has 0 radical (unpaired) electrons. The maximum Gasteiger partial charge on any atom is 0.434 e. The number of rotatable bonds is 4. The number of nitrogens with one attached hydrogen (secondary N) is 1. The largest absolute Gasteiger partial charge is 0.434 e. The molecular formula is C17H16ClF3N6. The van der Waals surface area contributed by atoms with Crippen LogP contribution in [-0.2, 0) is 19.8 Å². The van der Waals surface area contributed by atoms with Crippen molar-refractivity contribution in [1.82, 2.24) is 19.5 Å². The number of benzene rings is 1. The fourth-order valence-electron chi connectivity index (χ4n) is 2.64. The maximum absolute atomic E-state index is 12.9. The lowest BCUT2D eigenvalue weighted by molar-refractivity contribution is -0.140. The van der Waals surface area contributed by atoms with Gasteiger partial charge in [0.2, 0.25) is 5.28 Å². The van der Waals surface area contributed by atoms with E-state index in [2.05, 4.69) is 20.3 Å². The van der Waals surface area contributed by atoms with Gasteiger partial charge in [0.1, 0.15) is 5.82 Å². The summed E-state index contributed by atoms with van der Waals surface area (Å²) >= 11 is 5.75. The summed E-state index contributed by atoms with van der Waals surface area (Å²) in [5.41, 5.74) is 7.56. The Morgan fingerprint density at radius 3 is 2.63 bits per heavy atom. The number of hydrogen-bond donors (Lipinski definition) is 2. The molecule has 0 aliphatic rings. The van der Waals surface area contributed by atoms with Gasteiger partial charge >= 0.3 is 6.18 Å². The van der Waals surface area contributed by atoms with E-state index in [9.17, 15) is 13.2 Å². The van der Waals surface area contributed by atoms with Gasteiger partial charge in [0.05, 0.1) is 11.9 Å². The van der Waals surface area contributed by atoms with Crippen LogP contribution in [0.3, 0.4) is 0 Å². The van der Waals surface area contributed by atoms with E-state index in [1.807, 2.05) is 13.0 Å². The fraction of sp³-hybridized carbons (Fsp3) is 0.235. The first kappa shape index (κ1) is 19.0. The first-order chi connectivity index (χ1) is 12.6. The Balaban J connectivity index is 1.82. The average Bonchev–Trinajstić information content (AvgIpc) is 2.98. The minimum Gasteiger partial charge on any atom is -0.394 e. The predicted octanol–water partition coefficient (Wildman–Crippen LogP) is 4.05. The van der Waals surface area contributed by atoms with Crippen LogP contribution in [-0.4, -0.2) is 19.5 Å². The number of aryl methyl sites for hydroxylation is 2. The van der Waals surface area contributed by atoms with Crippen molar-refractivity contribution in [2.75, 3.05) is 11.1 Å². The first-order valence-corrected chi connectivity index (χ1v) is 8.25. The molecule has 3 N–H and O–H groups in total. The van der Waals surface area contributed by atoms with E-state index in [4.69, 9.17) is 17.3 Å². The van der Waals surface area contributed by atoms with Crippen molar-refractivity contribution in [1.29, 1.82) is 0 Å². The molecule has 3 rings (SSSR count). The Bertz CT molecular complexity index is 983. The predicted molar refractivity (Wildman–Crippen MR) is 97.2 cm³/mol. The zero-order valence-corrected chi connectivity index (χ0v) is 15.2. The van der Waals surface area contributed by atoms with Crippen LogP contribution in [0.5, 0.6) is 0 Å². The zero-order chi connectivity index (χ0) is 19.8. The second-order valence-electron chi connectivity index (χ2n) is 6.00. The summed E-state index contributed by atoms with van der Waals surface area (Å²) in [5.74, 6) is 0.668. The number of anilines is 2. The lowest BCUT2D eigenvalue weighted by Crippen LogP contribution is -2.06. The summed E-state index contributed by atoms with van der Waals surface area (Å²) in [4.78, 5) is 11.5. The first-order valence-electron chi connectivity index (χ1n) is 7.87. The SMILES string of the molecule is Cc1cc(CNc2nc(Cl)ncc2N)ccc1-c1nc(C(F)(F)F)cn1C. The van der Waals surface area contributed by atoms with Crippen LogP contribution >= 0.6 is 11.6 Å². The van der Waals surface area contributed by atoms with Crippen molar-refractivity contribution in [2.24, 2.45) is 7.05 Å². The third-order valence-electron chi connectivity index (χ3n) is 3.95. The van der Waals surface area contributed by atoms with Crippen LogP contribution in [0, 0.1) is 6.92 Å². The Hall–Kier alpha value is -2.81. The maximum atomic E-state index is 12.9. The second-order valence-corrected chi connectivity index (χ2v) is 6.34. The molecule has 0 saturated heterocycles. The number of halogens is 4. The summed E-state index contributed by atoms with van der Waals surface area (Å²) in [7, 11) is 1.54. The number of hydrogen-bond acceptors (Lipinski definition) is 5. The third kappa shape index (κ3) is 4.13. The van der Waals surface area contributed by atoms with Crippen molar-refractivity contribution < 1.29 is 13.2 Å². The average molecular weight is 397 g/mol. The summed E-state index contributed by atoms with van der Waals surface area (Å²) < 4.78 is 40.0. The molecule has 0 unspecified atom stereocenters. The molecule has 2 aromatic heterocycles. The number of alkyl halides is 3. The molecule has 6 nitrogen and oxygen atoms in total. The van der Waals surface area contributed by atoms with E-state index >= 15 is 0 Å². The van der Waals surface area contributed by atoms with Gasteiger partial charge in [0.25, 0.3) is 0 Å². The van der Waals surface area contributed by atoms with Gasteiger partial charge in [-0.3, -0.25) is 0 Å². The van der Waals surface area contributed by atoms with Gasteiger partial charge in [-0.2, -0.15) is 18.2 Å². The van der Waals surface area contributed by atoms with Gasteiger partial charge < -0.3 is 15.6 Å². The van der Waals surface area contributed by atoms with Crippen LogP contribution in [0.25, 0.3) is 11.4 Å². The van der Waals surface area contributed by atoms with Crippen molar-refractivity contribution in [3.8, 4) is 11.4 Å². The molecule has 27 heavy (non-hydrogen) atoms. The molecule has 0 atom stereocenters. The van der Waals surface area contributed by atoms with Gasteiger partial charge in [-0.05, 0) is 29.7 Å². The number of nitrogen functional groups attached to an aromatic ring is 1. The molecule has 0 amide bonds. The Kier molecular flexibility index (Phi) is 4.97. The van der Waals surface area contributed by atoms with Gasteiger partial charge in [-0.15, -0.1) is 0 Å². The molecule has 0 saturated carbocycles. The summed E-state index contributed by atoms with van der Waals surface area (Å²) in [6.07, 6.45) is -2.09. The lowest BCUT2D eigenvalue weighted by Gasteiger charge is -2.11. The highest BCUT2D eigenvalue weighted by atomic mass is 35.5. The molecule has 0 fully saturated rings. The normalized spacial score (nSPS) is 11.6. The fourth-order valence-corrected chi connectivity index (χ4v) is 2.77. The third-order valence-corrected chi connectivity index (χ3v) is 4.13. The number of nitrogens with zero attached hydrogens (tertiary/aromatic N) is 4. The molecule has 142 valence electrons. The van der Waals surface area contributed by atoms with Crippen LogP contribution in [0.15, 0.2) is 30.6 Å². The minimum absolute atomic E-state index is 0.0773. The summed E-state index contributed by atoms with van der Waals surface area (Å²) in [6.45, 7) is 2.23. The van der Waals surface area contributed by atoms with Crippen molar-refractivity contribution in [3.63, 3.8) is 0 Å². The van der Waals surface area contributed by atoms with E-state index in [0.717, 1.165) is 17.3 Å². The van der Waals surface area contributed by atoms with Crippen LogP contribution in [0.2, 0.25) is 5.28 Å².